The second-order valence-corrected chi connectivity index (χ2v) is 7.24. The summed E-state index contributed by atoms with van der Waals surface area (Å²) < 4.78 is 60.7. The van der Waals surface area contributed by atoms with Crippen molar-refractivity contribution in [3.63, 3.8) is 0 Å². The summed E-state index contributed by atoms with van der Waals surface area (Å²) in [6, 6.07) is 16.7. The van der Waals surface area contributed by atoms with E-state index < -0.39 is 23.3 Å². The smallest absolute Gasteiger partial charge is 0.195 e. The van der Waals surface area contributed by atoms with Crippen molar-refractivity contribution in [1.82, 2.24) is 0 Å². The molecule has 0 bridgehead atoms. The summed E-state index contributed by atoms with van der Waals surface area (Å²) in [6.07, 6.45) is 1.66. The van der Waals surface area contributed by atoms with E-state index in [2.05, 4.69) is 30.3 Å². The van der Waals surface area contributed by atoms with Crippen molar-refractivity contribution in [2.75, 3.05) is 6.61 Å². The minimum absolute atomic E-state index is 0.0579. The Bertz CT molecular complexity index is 1510. The highest BCUT2D eigenvalue weighted by Crippen LogP contribution is 2.24. The van der Waals surface area contributed by atoms with Gasteiger partial charge in [-0.3, -0.25) is 0 Å². The van der Waals surface area contributed by atoms with Gasteiger partial charge in [-0.1, -0.05) is 42.4 Å². The van der Waals surface area contributed by atoms with E-state index in [0.717, 1.165) is 11.6 Å². The Morgan fingerprint density at radius 3 is 2.06 bits per heavy atom. The minimum Gasteiger partial charge on any atom is -0.490 e. The van der Waals surface area contributed by atoms with E-state index in [1.807, 2.05) is 0 Å². The van der Waals surface area contributed by atoms with Crippen LogP contribution in [0.3, 0.4) is 0 Å². The molecule has 4 rings (SSSR count). The summed E-state index contributed by atoms with van der Waals surface area (Å²) in [5, 5.41) is 0.104. The van der Waals surface area contributed by atoms with Crippen LogP contribution < -0.4 is 4.74 Å². The van der Waals surface area contributed by atoms with Crippen molar-refractivity contribution >= 4 is 10.8 Å². The van der Waals surface area contributed by atoms with Gasteiger partial charge in [0.2, 0.25) is 0 Å². The third-order valence-corrected chi connectivity index (χ3v) is 4.86. The van der Waals surface area contributed by atoms with Gasteiger partial charge in [-0.05, 0) is 66.0 Å². The van der Waals surface area contributed by atoms with E-state index in [9.17, 15) is 17.6 Å². The first kappa shape index (κ1) is 22.7. The first-order valence-corrected chi connectivity index (χ1v) is 10.2. The number of hydrogen-bond donors (Lipinski definition) is 0. The number of rotatable bonds is 3. The minimum atomic E-state index is -1.52. The Balaban J connectivity index is 1.52. The van der Waals surface area contributed by atoms with Crippen LogP contribution in [0.5, 0.6) is 5.75 Å². The third-order valence-electron chi connectivity index (χ3n) is 4.86. The van der Waals surface area contributed by atoms with Crippen molar-refractivity contribution in [3.05, 3.63) is 125 Å². The van der Waals surface area contributed by atoms with Crippen LogP contribution in [0, 0.1) is 47.0 Å². The summed E-state index contributed by atoms with van der Waals surface area (Å²) in [5.74, 6) is 7.42. The summed E-state index contributed by atoms with van der Waals surface area (Å²) in [4.78, 5) is 0. The van der Waals surface area contributed by atoms with Crippen LogP contribution in [0.25, 0.3) is 10.8 Å². The molecule has 1 nitrogen and oxygen atoms in total. The fraction of sp³-hybridized carbons (Fsp3) is 0.0345. The molecule has 0 heterocycles. The molecule has 0 aliphatic carbocycles. The predicted octanol–water partition coefficient (Wildman–Crippen LogP) is 6.76. The molecule has 0 fully saturated rings. The Morgan fingerprint density at radius 1 is 0.676 bits per heavy atom. The van der Waals surface area contributed by atoms with Crippen molar-refractivity contribution < 1.29 is 22.3 Å². The van der Waals surface area contributed by atoms with Crippen molar-refractivity contribution in [2.24, 2.45) is 0 Å². The zero-order valence-electron chi connectivity index (χ0n) is 17.8. The SMILES string of the molecule is C=CCOc1ccc(C#Cc2ccc(C#Cc3ccc4c(F)c(F)c(F)cc4c3)c(F)c2)cc1. The van der Waals surface area contributed by atoms with Gasteiger partial charge < -0.3 is 4.74 Å². The Kier molecular flexibility index (Phi) is 6.67. The second kappa shape index (κ2) is 9.98. The lowest BCUT2D eigenvalue weighted by molar-refractivity contribution is 0.363. The van der Waals surface area contributed by atoms with Gasteiger partial charge in [0.1, 0.15) is 18.2 Å². The van der Waals surface area contributed by atoms with Crippen LogP contribution in [-0.2, 0) is 0 Å². The Hall–Kier alpha value is -4.48. The lowest BCUT2D eigenvalue weighted by Gasteiger charge is -2.02. The van der Waals surface area contributed by atoms with Gasteiger partial charge >= 0.3 is 0 Å². The number of ether oxygens (including phenoxy) is 1. The fourth-order valence-corrected chi connectivity index (χ4v) is 3.15. The van der Waals surface area contributed by atoms with Gasteiger partial charge in [0.25, 0.3) is 0 Å². The first-order valence-electron chi connectivity index (χ1n) is 10.2. The van der Waals surface area contributed by atoms with E-state index in [1.54, 1.807) is 36.4 Å². The summed E-state index contributed by atoms with van der Waals surface area (Å²) in [5.41, 5.74) is 1.78. The topological polar surface area (TPSA) is 9.23 Å². The van der Waals surface area contributed by atoms with E-state index >= 15 is 0 Å². The van der Waals surface area contributed by atoms with Crippen LogP contribution >= 0.6 is 0 Å². The molecular formula is C29H16F4O. The molecule has 166 valence electrons. The average molecular weight is 456 g/mol. The molecular weight excluding hydrogens is 440 g/mol. The Labute approximate surface area is 194 Å². The molecule has 0 amide bonds. The van der Waals surface area contributed by atoms with Crippen LogP contribution in [0.15, 0.2) is 79.4 Å². The predicted molar refractivity (Wildman–Crippen MR) is 124 cm³/mol. The molecule has 4 aromatic carbocycles. The van der Waals surface area contributed by atoms with Crippen LogP contribution in [0.4, 0.5) is 17.6 Å². The molecule has 0 unspecified atom stereocenters. The molecule has 34 heavy (non-hydrogen) atoms. The molecule has 4 aromatic rings. The molecule has 0 N–H and O–H groups in total. The van der Waals surface area contributed by atoms with Crippen LogP contribution in [0.2, 0.25) is 0 Å². The lowest BCUT2D eigenvalue weighted by atomic mass is 10.1. The standard InChI is InChI=1S/C29H16F4O/c1-2-15-34-24-12-7-19(8-13-24)3-4-21-6-11-22(26(30)17-21)10-5-20-9-14-25-23(16-20)18-27(31)29(33)28(25)32/h2,6-9,11-14,16-18H,1,15H2. The quantitative estimate of drug-likeness (QED) is 0.143. The van der Waals surface area contributed by atoms with E-state index in [4.69, 9.17) is 4.74 Å². The molecule has 0 saturated heterocycles. The number of hydrogen-bond acceptors (Lipinski definition) is 1. The highest BCUT2D eigenvalue weighted by molar-refractivity contribution is 5.84. The van der Waals surface area contributed by atoms with Crippen molar-refractivity contribution in [2.45, 2.75) is 0 Å². The van der Waals surface area contributed by atoms with Gasteiger partial charge in [-0.2, -0.15) is 0 Å². The molecule has 0 aromatic heterocycles. The molecule has 0 saturated carbocycles. The molecule has 0 radical (unpaired) electrons. The maximum absolute atomic E-state index is 14.5. The Morgan fingerprint density at radius 2 is 1.32 bits per heavy atom. The van der Waals surface area contributed by atoms with Gasteiger partial charge in [-0.25, -0.2) is 17.6 Å². The first-order chi connectivity index (χ1) is 16.4. The zero-order valence-corrected chi connectivity index (χ0v) is 17.8. The maximum Gasteiger partial charge on any atom is 0.195 e. The second-order valence-electron chi connectivity index (χ2n) is 7.24. The highest BCUT2D eigenvalue weighted by Gasteiger charge is 2.13. The molecule has 0 aliphatic rings. The van der Waals surface area contributed by atoms with Gasteiger partial charge in [0.05, 0.1) is 5.56 Å². The van der Waals surface area contributed by atoms with Gasteiger partial charge in [0.15, 0.2) is 17.5 Å². The molecule has 0 aliphatic heterocycles. The normalized spacial score (nSPS) is 10.1. The van der Waals surface area contributed by atoms with E-state index in [-0.39, 0.29) is 16.3 Å². The largest absolute Gasteiger partial charge is 0.490 e. The van der Waals surface area contributed by atoms with Gasteiger partial charge in [-0.15, -0.1) is 0 Å². The van der Waals surface area contributed by atoms with Crippen LogP contribution in [0.1, 0.15) is 22.3 Å². The number of halogens is 4. The summed E-state index contributed by atoms with van der Waals surface area (Å²) in [7, 11) is 0. The van der Waals surface area contributed by atoms with Crippen molar-refractivity contribution in [3.8, 4) is 29.4 Å². The third kappa shape index (κ3) is 5.11. The maximum atomic E-state index is 14.5. The number of benzene rings is 4. The van der Waals surface area contributed by atoms with Crippen LogP contribution in [-0.4, -0.2) is 6.61 Å². The summed E-state index contributed by atoms with van der Waals surface area (Å²) in [6.45, 7) is 4.01. The summed E-state index contributed by atoms with van der Waals surface area (Å²) >= 11 is 0. The monoisotopic (exact) mass is 456 g/mol. The van der Waals surface area contributed by atoms with E-state index in [0.29, 0.717) is 23.5 Å². The zero-order chi connectivity index (χ0) is 24.1. The molecule has 0 atom stereocenters. The average Bonchev–Trinajstić information content (AvgIpc) is 2.84. The lowest BCUT2D eigenvalue weighted by Crippen LogP contribution is -1.92. The van der Waals surface area contributed by atoms with Gasteiger partial charge in [0, 0.05) is 22.1 Å². The van der Waals surface area contributed by atoms with E-state index in [1.165, 1.54) is 30.3 Å². The molecule has 0 spiro atoms. The molecule has 5 heteroatoms. The fourth-order valence-electron chi connectivity index (χ4n) is 3.15. The number of fused-ring (bicyclic) bond motifs is 1. The van der Waals surface area contributed by atoms with Crippen molar-refractivity contribution in [1.29, 1.82) is 0 Å². The highest BCUT2D eigenvalue weighted by atomic mass is 19.2.